The minimum atomic E-state index is 1.10. The number of thiophene rings is 1. The fourth-order valence-electron chi connectivity index (χ4n) is 1.78. The minimum Gasteiger partial charge on any atom is -0.294 e. The van der Waals surface area contributed by atoms with Gasteiger partial charge in [-0.2, -0.15) is 0 Å². The van der Waals surface area contributed by atoms with Gasteiger partial charge in [0.25, 0.3) is 0 Å². The van der Waals surface area contributed by atoms with Crippen LogP contribution in [0.2, 0.25) is 0 Å². The van der Waals surface area contributed by atoms with Gasteiger partial charge in [0.2, 0.25) is 0 Å². The van der Waals surface area contributed by atoms with Crippen molar-refractivity contribution in [3.05, 3.63) is 34.5 Å². The van der Waals surface area contributed by atoms with Crippen LogP contribution in [-0.4, -0.2) is 18.0 Å². The second-order valence-electron chi connectivity index (χ2n) is 3.64. The molecule has 1 fully saturated rings. The van der Waals surface area contributed by atoms with Crippen LogP contribution in [0.1, 0.15) is 17.7 Å². The van der Waals surface area contributed by atoms with E-state index >= 15 is 0 Å². The van der Waals surface area contributed by atoms with Crippen LogP contribution in [0, 0.1) is 0 Å². The molecule has 0 bridgehead atoms. The standard InChI is InChI=1S/C11H15NS/c1-10-4-2-6-12(8-10)9-11-5-3-7-13-11/h3,5,7H,1-2,4,6,8-9H2. The predicted octanol–water partition coefficient (Wildman–Crippen LogP) is 2.90. The molecule has 2 heteroatoms. The van der Waals surface area contributed by atoms with Crippen molar-refractivity contribution in [2.45, 2.75) is 19.4 Å². The quantitative estimate of drug-likeness (QED) is 0.653. The molecule has 0 spiro atoms. The second-order valence-corrected chi connectivity index (χ2v) is 4.68. The van der Waals surface area contributed by atoms with E-state index in [9.17, 15) is 0 Å². The summed E-state index contributed by atoms with van der Waals surface area (Å²) in [7, 11) is 0. The van der Waals surface area contributed by atoms with Gasteiger partial charge in [-0.3, -0.25) is 4.90 Å². The van der Waals surface area contributed by atoms with E-state index < -0.39 is 0 Å². The molecule has 1 aromatic heterocycles. The molecule has 1 saturated heterocycles. The Morgan fingerprint density at radius 1 is 1.54 bits per heavy atom. The normalized spacial score (nSPS) is 19.2. The second kappa shape index (κ2) is 4.07. The molecule has 0 saturated carbocycles. The van der Waals surface area contributed by atoms with Gasteiger partial charge in [0, 0.05) is 18.0 Å². The topological polar surface area (TPSA) is 3.24 Å². The van der Waals surface area contributed by atoms with Crippen LogP contribution in [0.25, 0.3) is 0 Å². The zero-order valence-electron chi connectivity index (χ0n) is 7.83. The van der Waals surface area contributed by atoms with Crippen molar-refractivity contribution < 1.29 is 0 Å². The number of piperidine rings is 1. The van der Waals surface area contributed by atoms with Crippen LogP contribution >= 0.6 is 11.3 Å². The fourth-order valence-corrected chi connectivity index (χ4v) is 2.53. The van der Waals surface area contributed by atoms with Gasteiger partial charge < -0.3 is 0 Å². The zero-order valence-corrected chi connectivity index (χ0v) is 8.65. The van der Waals surface area contributed by atoms with Crippen LogP contribution < -0.4 is 0 Å². The Kier molecular flexibility index (Phi) is 2.81. The third kappa shape index (κ3) is 2.42. The van der Waals surface area contributed by atoms with Gasteiger partial charge in [-0.1, -0.05) is 18.2 Å². The van der Waals surface area contributed by atoms with Crippen LogP contribution in [-0.2, 0) is 6.54 Å². The van der Waals surface area contributed by atoms with Crippen molar-refractivity contribution in [1.29, 1.82) is 0 Å². The first-order valence-electron chi connectivity index (χ1n) is 4.76. The Labute approximate surface area is 83.7 Å². The summed E-state index contributed by atoms with van der Waals surface area (Å²) >= 11 is 1.85. The summed E-state index contributed by atoms with van der Waals surface area (Å²) in [6.07, 6.45) is 2.51. The highest BCUT2D eigenvalue weighted by Gasteiger charge is 2.12. The molecule has 0 amide bonds. The average molecular weight is 193 g/mol. The smallest absolute Gasteiger partial charge is 0.0331 e. The molecule has 1 aliphatic heterocycles. The van der Waals surface area contributed by atoms with Crippen LogP contribution in [0.4, 0.5) is 0 Å². The Hall–Kier alpha value is -0.600. The van der Waals surface area contributed by atoms with Gasteiger partial charge in [0.05, 0.1) is 0 Å². The number of hydrogen-bond donors (Lipinski definition) is 0. The van der Waals surface area contributed by atoms with Crippen LogP contribution in [0.5, 0.6) is 0 Å². The van der Waals surface area contributed by atoms with Crippen LogP contribution in [0.15, 0.2) is 29.7 Å². The molecule has 2 heterocycles. The van der Waals surface area contributed by atoms with Gasteiger partial charge >= 0.3 is 0 Å². The molecule has 70 valence electrons. The van der Waals surface area contributed by atoms with E-state index in [1.54, 1.807) is 0 Å². The largest absolute Gasteiger partial charge is 0.294 e. The Bertz CT molecular complexity index is 276. The number of hydrogen-bond acceptors (Lipinski definition) is 2. The summed E-state index contributed by atoms with van der Waals surface area (Å²) in [4.78, 5) is 3.95. The summed E-state index contributed by atoms with van der Waals surface area (Å²) in [6, 6.07) is 4.33. The van der Waals surface area contributed by atoms with Crippen molar-refractivity contribution in [3.63, 3.8) is 0 Å². The molecule has 1 nitrogen and oxygen atoms in total. The molecular weight excluding hydrogens is 178 g/mol. The first-order chi connectivity index (χ1) is 6.34. The maximum Gasteiger partial charge on any atom is 0.0331 e. The van der Waals surface area contributed by atoms with E-state index in [1.165, 1.54) is 29.8 Å². The van der Waals surface area contributed by atoms with Gasteiger partial charge in [0.1, 0.15) is 0 Å². The number of likely N-dealkylation sites (tertiary alicyclic amines) is 1. The molecule has 0 aliphatic carbocycles. The molecule has 1 aromatic rings. The summed E-state index contributed by atoms with van der Waals surface area (Å²) in [5.41, 5.74) is 1.39. The molecule has 0 radical (unpaired) electrons. The molecule has 0 N–H and O–H groups in total. The monoisotopic (exact) mass is 193 g/mol. The fraction of sp³-hybridized carbons (Fsp3) is 0.455. The SMILES string of the molecule is C=C1CCCN(Cc2cccs2)C1. The molecule has 0 unspecified atom stereocenters. The lowest BCUT2D eigenvalue weighted by atomic mass is 10.1. The average Bonchev–Trinajstić information content (AvgIpc) is 2.57. The first-order valence-corrected chi connectivity index (χ1v) is 5.64. The summed E-state index contributed by atoms with van der Waals surface area (Å²) in [6.45, 7) is 7.49. The molecule has 1 aliphatic rings. The molecule has 0 aromatic carbocycles. The van der Waals surface area contributed by atoms with E-state index in [2.05, 4.69) is 29.0 Å². The predicted molar refractivity (Wildman–Crippen MR) is 58.0 cm³/mol. The van der Waals surface area contributed by atoms with Crippen LogP contribution in [0.3, 0.4) is 0 Å². The van der Waals surface area contributed by atoms with E-state index in [0.29, 0.717) is 0 Å². The van der Waals surface area contributed by atoms with Gasteiger partial charge in [0.15, 0.2) is 0 Å². The molecule has 0 atom stereocenters. The van der Waals surface area contributed by atoms with Crippen molar-refractivity contribution in [3.8, 4) is 0 Å². The highest BCUT2D eigenvalue weighted by molar-refractivity contribution is 7.09. The Morgan fingerprint density at radius 3 is 3.15 bits per heavy atom. The minimum absolute atomic E-state index is 1.10. The van der Waals surface area contributed by atoms with Crippen molar-refractivity contribution in [1.82, 2.24) is 4.90 Å². The van der Waals surface area contributed by atoms with Crippen molar-refractivity contribution in [2.75, 3.05) is 13.1 Å². The Balaban J connectivity index is 1.91. The number of rotatable bonds is 2. The first kappa shape index (κ1) is 8.97. The lowest BCUT2D eigenvalue weighted by molar-refractivity contribution is 0.260. The number of nitrogens with zero attached hydrogens (tertiary/aromatic N) is 1. The Morgan fingerprint density at radius 2 is 2.46 bits per heavy atom. The van der Waals surface area contributed by atoms with Crippen molar-refractivity contribution in [2.24, 2.45) is 0 Å². The summed E-state index contributed by atoms with van der Waals surface area (Å²) in [5.74, 6) is 0. The van der Waals surface area contributed by atoms with E-state index in [-0.39, 0.29) is 0 Å². The third-order valence-electron chi connectivity index (χ3n) is 2.41. The highest BCUT2D eigenvalue weighted by Crippen LogP contribution is 2.18. The van der Waals surface area contributed by atoms with Gasteiger partial charge in [-0.15, -0.1) is 11.3 Å². The lowest BCUT2D eigenvalue weighted by Gasteiger charge is -2.27. The summed E-state index contributed by atoms with van der Waals surface area (Å²) < 4.78 is 0. The lowest BCUT2D eigenvalue weighted by Crippen LogP contribution is -2.29. The maximum atomic E-state index is 4.06. The van der Waals surface area contributed by atoms with E-state index in [4.69, 9.17) is 0 Å². The van der Waals surface area contributed by atoms with E-state index in [0.717, 1.165) is 13.1 Å². The zero-order chi connectivity index (χ0) is 9.10. The maximum absolute atomic E-state index is 4.06. The van der Waals surface area contributed by atoms with Gasteiger partial charge in [-0.05, 0) is 30.8 Å². The highest BCUT2D eigenvalue weighted by atomic mass is 32.1. The van der Waals surface area contributed by atoms with Crippen molar-refractivity contribution >= 4 is 11.3 Å². The molecular formula is C11H15NS. The van der Waals surface area contributed by atoms with Gasteiger partial charge in [-0.25, -0.2) is 0 Å². The van der Waals surface area contributed by atoms with E-state index in [1.807, 2.05) is 11.3 Å². The molecule has 13 heavy (non-hydrogen) atoms. The molecule has 2 rings (SSSR count). The summed E-state index contributed by atoms with van der Waals surface area (Å²) in [5, 5.41) is 2.15. The third-order valence-corrected chi connectivity index (χ3v) is 3.27.